The van der Waals surface area contributed by atoms with Crippen molar-refractivity contribution in [1.82, 2.24) is 4.90 Å². The van der Waals surface area contributed by atoms with Crippen LogP contribution in [0.25, 0.3) is 0 Å². The molecule has 3 nitrogen and oxygen atoms in total. The molecular weight excluding hydrogens is 224 g/mol. The van der Waals surface area contributed by atoms with Gasteiger partial charge in [0.2, 0.25) is 0 Å². The molecule has 0 spiro atoms. The van der Waals surface area contributed by atoms with Crippen molar-refractivity contribution < 1.29 is 5.11 Å². The quantitative estimate of drug-likeness (QED) is 0.697. The molecule has 106 valence electrons. The van der Waals surface area contributed by atoms with Gasteiger partial charge in [0.15, 0.2) is 0 Å². The highest BCUT2D eigenvalue weighted by Crippen LogP contribution is 2.38. The highest BCUT2D eigenvalue weighted by Gasteiger charge is 2.40. The summed E-state index contributed by atoms with van der Waals surface area (Å²) in [5.74, 6) is 0.436. The fraction of sp³-hybridized carbons (Fsp3) is 1.00. The van der Waals surface area contributed by atoms with Gasteiger partial charge in [0.25, 0.3) is 0 Å². The van der Waals surface area contributed by atoms with Gasteiger partial charge in [-0.3, -0.25) is 0 Å². The minimum absolute atomic E-state index is 0.436. The average Bonchev–Trinajstić information content (AvgIpc) is 3.15. The molecule has 0 amide bonds. The van der Waals surface area contributed by atoms with Crippen LogP contribution in [-0.2, 0) is 0 Å². The molecule has 2 aliphatic rings. The van der Waals surface area contributed by atoms with Crippen LogP contribution in [0.4, 0.5) is 0 Å². The maximum Gasteiger partial charge on any atom is 0.0797 e. The molecule has 0 saturated heterocycles. The third-order valence-corrected chi connectivity index (χ3v) is 4.90. The first-order valence-corrected chi connectivity index (χ1v) is 7.86. The van der Waals surface area contributed by atoms with Gasteiger partial charge >= 0.3 is 0 Å². The van der Waals surface area contributed by atoms with Crippen LogP contribution in [-0.4, -0.2) is 41.3 Å². The van der Waals surface area contributed by atoms with Crippen molar-refractivity contribution in [3.05, 3.63) is 0 Å². The van der Waals surface area contributed by atoms with Crippen molar-refractivity contribution in [2.45, 2.75) is 69.9 Å². The summed E-state index contributed by atoms with van der Waals surface area (Å²) in [4.78, 5) is 2.65. The third kappa shape index (κ3) is 3.46. The van der Waals surface area contributed by atoms with E-state index in [1.54, 1.807) is 0 Å². The Bertz CT molecular complexity index is 255. The molecule has 0 aromatic carbocycles. The Morgan fingerprint density at radius 1 is 1.28 bits per heavy atom. The summed E-state index contributed by atoms with van der Waals surface area (Å²) in [7, 11) is 0. The number of hydrogen-bond donors (Lipinski definition) is 2. The number of nitrogens with two attached hydrogens (primary N) is 1. The molecule has 0 aliphatic heterocycles. The monoisotopic (exact) mass is 254 g/mol. The lowest BCUT2D eigenvalue weighted by Crippen LogP contribution is -2.42. The minimum Gasteiger partial charge on any atom is -0.388 e. The van der Waals surface area contributed by atoms with E-state index in [1.165, 1.54) is 38.6 Å². The summed E-state index contributed by atoms with van der Waals surface area (Å²) in [6.07, 6.45) is 9.71. The van der Waals surface area contributed by atoms with Crippen LogP contribution in [0.3, 0.4) is 0 Å². The predicted octanol–water partition coefficient (Wildman–Crippen LogP) is 2.13. The molecule has 3 heteroatoms. The minimum atomic E-state index is -0.556. The molecule has 2 atom stereocenters. The van der Waals surface area contributed by atoms with Crippen LogP contribution in [0.1, 0.15) is 58.3 Å². The molecule has 0 aromatic heterocycles. The van der Waals surface area contributed by atoms with Crippen LogP contribution >= 0.6 is 0 Å². The van der Waals surface area contributed by atoms with Gasteiger partial charge in [-0.1, -0.05) is 19.8 Å². The second-order valence-electron chi connectivity index (χ2n) is 6.31. The zero-order valence-electron chi connectivity index (χ0n) is 11.9. The number of aliphatic hydroxyl groups is 1. The molecule has 2 unspecified atom stereocenters. The molecule has 0 radical (unpaired) electrons. The zero-order chi connectivity index (χ0) is 13.0. The largest absolute Gasteiger partial charge is 0.388 e. The SMILES string of the molecule is CCCCN(CCC1CCCC1(O)CN)C1CC1. The van der Waals surface area contributed by atoms with Crippen molar-refractivity contribution in [2.24, 2.45) is 11.7 Å². The average molecular weight is 254 g/mol. The Labute approximate surface area is 112 Å². The summed E-state index contributed by atoms with van der Waals surface area (Å²) in [6.45, 7) is 5.11. The Morgan fingerprint density at radius 2 is 2.06 bits per heavy atom. The first-order chi connectivity index (χ1) is 8.69. The van der Waals surface area contributed by atoms with Crippen LogP contribution in [0.15, 0.2) is 0 Å². The molecule has 2 aliphatic carbocycles. The van der Waals surface area contributed by atoms with Crippen molar-refractivity contribution in [3.63, 3.8) is 0 Å². The van der Waals surface area contributed by atoms with Gasteiger partial charge in [0.05, 0.1) is 5.60 Å². The Morgan fingerprint density at radius 3 is 2.67 bits per heavy atom. The number of rotatable bonds is 8. The van der Waals surface area contributed by atoms with Crippen molar-refractivity contribution >= 4 is 0 Å². The van der Waals surface area contributed by atoms with E-state index >= 15 is 0 Å². The maximum atomic E-state index is 10.5. The van der Waals surface area contributed by atoms with Crippen LogP contribution in [0, 0.1) is 5.92 Å². The summed E-state index contributed by atoms with van der Waals surface area (Å²) >= 11 is 0. The van der Waals surface area contributed by atoms with Crippen molar-refractivity contribution in [1.29, 1.82) is 0 Å². The molecule has 0 heterocycles. The van der Waals surface area contributed by atoms with Gasteiger partial charge in [-0.15, -0.1) is 0 Å². The van der Waals surface area contributed by atoms with E-state index in [4.69, 9.17) is 5.73 Å². The maximum absolute atomic E-state index is 10.5. The number of nitrogens with zero attached hydrogens (tertiary/aromatic N) is 1. The summed E-state index contributed by atoms with van der Waals surface area (Å²) < 4.78 is 0. The summed E-state index contributed by atoms with van der Waals surface area (Å²) in [5, 5.41) is 10.5. The van der Waals surface area contributed by atoms with E-state index in [9.17, 15) is 5.11 Å². The zero-order valence-corrected chi connectivity index (χ0v) is 11.9. The molecule has 3 N–H and O–H groups in total. The Kier molecular flexibility index (Phi) is 5.05. The molecule has 2 rings (SSSR count). The van der Waals surface area contributed by atoms with Crippen LogP contribution in [0.5, 0.6) is 0 Å². The van der Waals surface area contributed by atoms with E-state index in [1.807, 2.05) is 0 Å². The van der Waals surface area contributed by atoms with Crippen LogP contribution < -0.4 is 5.73 Å². The second-order valence-corrected chi connectivity index (χ2v) is 6.31. The highest BCUT2D eigenvalue weighted by molar-refractivity contribution is 4.94. The van der Waals surface area contributed by atoms with E-state index in [2.05, 4.69) is 11.8 Å². The summed E-state index contributed by atoms with van der Waals surface area (Å²) in [6, 6.07) is 0.851. The van der Waals surface area contributed by atoms with Gasteiger partial charge in [-0.05, 0) is 57.5 Å². The molecule has 0 aromatic rings. The highest BCUT2D eigenvalue weighted by atomic mass is 16.3. The Hall–Kier alpha value is -0.120. The fourth-order valence-electron chi connectivity index (χ4n) is 3.41. The molecule has 2 saturated carbocycles. The Balaban J connectivity index is 1.78. The van der Waals surface area contributed by atoms with Crippen LogP contribution in [0.2, 0.25) is 0 Å². The van der Waals surface area contributed by atoms with Gasteiger partial charge in [-0.2, -0.15) is 0 Å². The van der Waals surface area contributed by atoms with Gasteiger partial charge in [0.1, 0.15) is 0 Å². The smallest absolute Gasteiger partial charge is 0.0797 e. The first-order valence-electron chi connectivity index (χ1n) is 7.86. The lowest BCUT2D eigenvalue weighted by atomic mass is 9.88. The lowest BCUT2D eigenvalue weighted by Gasteiger charge is -2.31. The third-order valence-electron chi connectivity index (χ3n) is 4.90. The van der Waals surface area contributed by atoms with Crippen molar-refractivity contribution in [2.75, 3.05) is 19.6 Å². The standard InChI is InChI=1S/C15H30N2O/c1-2-3-10-17(14-6-7-14)11-8-13-5-4-9-15(13,18)12-16/h13-14,18H,2-12,16H2,1H3. The number of unbranched alkanes of at least 4 members (excludes halogenated alkanes) is 1. The fourth-order valence-corrected chi connectivity index (χ4v) is 3.41. The topological polar surface area (TPSA) is 49.5 Å². The molecule has 18 heavy (non-hydrogen) atoms. The lowest BCUT2D eigenvalue weighted by molar-refractivity contribution is 0.00421. The van der Waals surface area contributed by atoms with E-state index in [-0.39, 0.29) is 0 Å². The molecule has 0 bridgehead atoms. The first kappa shape index (κ1) is 14.3. The van der Waals surface area contributed by atoms with Gasteiger partial charge in [0, 0.05) is 12.6 Å². The van der Waals surface area contributed by atoms with E-state index in [0.29, 0.717) is 12.5 Å². The number of hydrogen-bond acceptors (Lipinski definition) is 3. The van der Waals surface area contributed by atoms with Gasteiger partial charge < -0.3 is 15.7 Å². The van der Waals surface area contributed by atoms with Gasteiger partial charge in [-0.25, -0.2) is 0 Å². The van der Waals surface area contributed by atoms with E-state index < -0.39 is 5.60 Å². The second kappa shape index (κ2) is 6.36. The normalized spacial score (nSPS) is 32.3. The predicted molar refractivity (Wildman–Crippen MR) is 75.5 cm³/mol. The molecule has 2 fully saturated rings. The summed E-state index contributed by atoms with van der Waals surface area (Å²) in [5.41, 5.74) is 5.20. The molecular formula is C15H30N2O. The van der Waals surface area contributed by atoms with E-state index in [0.717, 1.165) is 31.8 Å². The van der Waals surface area contributed by atoms with Crippen molar-refractivity contribution in [3.8, 4) is 0 Å².